The first kappa shape index (κ1) is 23.7. The molecule has 2 N–H and O–H groups in total. The van der Waals surface area contributed by atoms with Gasteiger partial charge < -0.3 is 5.32 Å². The molecule has 1 aliphatic carbocycles. The van der Waals surface area contributed by atoms with E-state index in [4.69, 9.17) is 0 Å². The molecule has 0 radical (unpaired) electrons. The number of amides is 1. The highest BCUT2D eigenvalue weighted by molar-refractivity contribution is 7.90. The van der Waals surface area contributed by atoms with Crippen molar-refractivity contribution in [2.45, 2.75) is 42.4 Å². The summed E-state index contributed by atoms with van der Waals surface area (Å²) in [5.74, 6) is -2.30. The van der Waals surface area contributed by atoms with Crippen molar-refractivity contribution in [1.82, 2.24) is 15.6 Å². The van der Waals surface area contributed by atoms with Gasteiger partial charge in [-0.3, -0.25) is 15.1 Å². The average molecular weight is 466 g/mol. The molecule has 1 aromatic heterocycles. The number of hydrogen-bond acceptors (Lipinski definition) is 6. The van der Waals surface area contributed by atoms with Gasteiger partial charge in [0.05, 0.1) is 23.3 Å². The number of carbonyl (C=O) groups excluding carboxylic acids is 1. The van der Waals surface area contributed by atoms with Gasteiger partial charge in [0.15, 0.2) is 9.84 Å². The number of aromatic nitrogens is 1. The van der Waals surface area contributed by atoms with Crippen molar-refractivity contribution >= 4 is 15.7 Å². The Bertz CT molecular complexity index is 1080. The second-order valence-electron chi connectivity index (χ2n) is 7.67. The summed E-state index contributed by atoms with van der Waals surface area (Å²) < 4.78 is 66.9. The van der Waals surface area contributed by atoms with Gasteiger partial charge in [-0.15, -0.1) is 0 Å². The van der Waals surface area contributed by atoms with E-state index in [2.05, 4.69) is 15.6 Å². The third-order valence-electron chi connectivity index (χ3n) is 4.97. The Balaban J connectivity index is 1.87. The van der Waals surface area contributed by atoms with Gasteiger partial charge in [-0.2, -0.15) is 18.4 Å². The number of alkyl halides is 3. The summed E-state index contributed by atoms with van der Waals surface area (Å²) in [4.78, 5) is 16.5. The van der Waals surface area contributed by atoms with Crippen LogP contribution in [-0.4, -0.2) is 42.8 Å². The third kappa shape index (κ3) is 6.27. The van der Waals surface area contributed by atoms with E-state index in [1.807, 2.05) is 6.07 Å². The average Bonchev–Trinajstić information content (AvgIpc) is 3.51. The van der Waals surface area contributed by atoms with Crippen LogP contribution in [0, 0.1) is 11.3 Å². The van der Waals surface area contributed by atoms with Crippen molar-refractivity contribution in [3.8, 4) is 6.07 Å². The largest absolute Gasteiger partial charge is 0.409 e. The highest BCUT2D eigenvalue weighted by Gasteiger charge is 2.48. The van der Waals surface area contributed by atoms with Crippen LogP contribution in [0.5, 0.6) is 0 Å². The van der Waals surface area contributed by atoms with Gasteiger partial charge in [-0.05, 0) is 30.5 Å². The van der Waals surface area contributed by atoms with Gasteiger partial charge in [0.2, 0.25) is 5.91 Å². The van der Waals surface area contributed by atoms with E-state index >= 15 is 0 Å². The Kier molecular flexibility index (Phi) is 6.85. The minimum Gasteiger partial charge on any atom is -0.336 e. The van der Waals surface area contributed by atoms with Gasteiger partial charge in [0, 0.05) is 6.20 Å². The van der Waals surface area contributed by atoms with Crippen molar-refractivity contribution in [1.29, 1.82) is 5.26 Å². The standard InChI is InChI=1S/C21H21F3N4O3S/c22-21(23,24)18(16-8-4-5-11-26-16)27-17(19(29)28-20(14-25)9-10-20)13-32(30,31)12-15-6-2-1-3-7-15/h1-8,11,17-18,27H,9-10,12-13H2,(H,28,29)/t17?,18-/m1/s1. The lowest BCUT2D eigenvalue weighted by Gasteiger charge is -2.27. The fourth-order valence-electron chi connectivity index (χ4n) is 3.15. The molecule has 2 aromatic rings. The van der Waals surface area contributed by atoms with E-state index in [0.29, 0.717) is 18.4 Å². The van der Waals surface area contributed by atoms with E-state index in [1.165, 1.54) is 18.3 Å². The Morgan fingerprint density at radius 2 is 1.81 bits per heavy atom. The van der Waals surface area contributed by atoms with Crippen LogP contribution >= 0.6 is 0 Å². The van der Waals surface area contributed by atoms with E-state index in [9.17, 15) is 31.6 Å². The number of nitrogens with one attached hydrogen (secondary N) is 2. The number of nitriles is 1. The summed E-state index contributed by atoms with van der Waals surface area (Å²) in [6.45, 7) is 0. The van der Waals surface area contributed by atoms with Crippen LogP contribution in [0.2, 0.25) is 0 Å². The molecule has 2 atom stereocenters. The van der Waals surface area contributed by atoms with Crippen LogP contribution in [0.3, 0.4) is 0 Å². The minimum absolute atomic E-state index is 0.349. The molecular weight excluding hydrogens is 445 g/mol. The monoisotopic (exact) mass is 466 g/mol. The van der Waals surface area contributed by atoms with Gasteiger partial charge in [-0.25, -0.2) is 8.42 Å². The molecule has 11 heteroatoms. The number of halogens is 3. The molecule has 1 unspecified atom stereocenters. The molecule has 1 fully saturated rings. The lowest BCUT2D eigenvalue weighted by atomic mass is 10.1. The van der Waals surface area contributed by atoms with Gasteiger partial charge >= 0.3 is 6.18 Å². The molecule has 3 rings (SSSR count). The van der Waals surface area contributed by atoms with Crippen LogP contribution < -0.4 is 10.6 Å². The molecule has 7 nitrogen and oxygen atoms in total. The highest BCUT2D eigenvalue weighted by Crippen LogP contribution is 2.35. The summed E-state index contributed by atoms with van der Waals surface area (Å²) >= 11 is 0. The Hall–Kier alpha value is -2.97. The molecule has 0 bridgehead atoms. The molecule has 1 heterocycles. The highest BCUT2D eigenvalue weighted by atomic mass is 32.2. The molecule has 1 aromatic carbocycles. The second kappa shape index (κ2) is 9.26. The summed E-state index contributed by atoms with van der Waals surface area (Å²) in [5.41, 5.74) is -1.13. The number of nitrogens with zero attached hydrogens (tertiary/aromatic N) is 2. The van der Waals surface area contributed by atoms with Gasteiger partial charge in [0.1, 0.15) is 17.6 Å². The van der Waals surface area contributed by atoms with Crippen LogP contribution in [0.15, 0.2) is 54.7 Å². The molecule has 0 aliphatic heterocycles. The molecule has 0 saturated heterocycles. The normalized spacial score (nSPS) is 17.1. The number of benzene rings is 1. The number of hydrogen-bond donors (Lipinski definition) is 2. The van der Waals surface area contributed by atoms with Crippen molar-refractivity contribution in [3.63, 3.8) is 0 Å². The fourth-order valence-corrected chi connectivity index (χ4v) is 4.72. The van der Waals surface area contributed by atoms with Crippen molar-refractivity contribution in [2.75, 3.05) is 5.75 Å². The first-order valence-electron chi connectivity index (χ1n) is 9.75. The maximum atomic E-state index is 13.8. The zero-order valence-corrected chi connectivity index (χ0v) is 17.7. The van der Waals surface area contributed by atoms with Crippen LogP contribution in [-0.2, 0) is 20.4 Å². The molecule has 32 heavy (non-hydrogen) atoms. The van der Waals surface area contributed by atoms with Gasteiger partial charge in [0.25, 0.3) is 0 Å². The van der Waals surface area contributed by atoms with Crippen molar-refractivity contribution < 1.29 is 26.4 Å². The summed E-state index contributed by atoms with van der Waals surface area (Å²) in [6.07, 6.45) is -2.97. The maximum Gasteiger partial charge on any atom is 0.409 e. The first-order chi connectivity index (χ1) is 15.0. The molecule has 170 valence electrons. The number of carbonyl (C=O) groups is 1. The summed E-state index contributed by atoms with van der Waals surface area (Å²) in [6, 6.07) is 9.84. The van der Waals surface area contributed by atoms with E-state index < -0.39 is 56.7 Å². The van der Waals surface area contributed by atoms with E-state index in [1.54, 1.807) is 30.3 Å². The Labute approximate surface area is 183 Å². The van der Waals surface area contributed by atoms with Crippen LogP contribution in [0.4, 0.5) is 13.2 Å². The lowest BCUT2D eigenvalue weighted by molar-refractivity contribution is -0.161. The number of rotatable bonds is 9. The topological polar surface area (TPSA) is 112 Å². The second-order valence-corrected chi connectivity index (χ2v) is 9.78. The number of pyridine rings is 1. The molecule has 1 amide bonds. The maximum absolute atomic E-state index is 13.8. The summed E-state index contributed by atoms with van der Waals surface area (Å²) in [5, 5.41) is 13.7. The molecular formula is C21H21F3N4O3S. The Morgan fingerprint density at radius 3 is 2.34 bits per heavy atom. The summed E-state index contributed by atoms with van der Waals surface area (Å²) in [7, 11) is -3.99. The van der Waals surface area contributed by atoms with Crippen molar-refractivity contribution in [3.05, 3.63) is 66.0 Å². The number of sulfone groups is 1. The van der Waals surface area contributed by atoms with Crippen molar-refractivity contribution in [2.24, 2.45) is 0 Å². The first-order valence-corrected chi connectivity index (χ1v) is 11.6. The molecule has 1 aliphatic rings. The molecule has 1 saturated carbocycles. The fraction of sp³-hybridized carbons (Fsp3) is 0.381. The van der Waals surface area contributed by atoms with Gasteiger partial charge in [-0.1, -0.05) is 36.4 Å². The lowest BCUT2D eigenvalue weighted by Crippen LogP contribution is -2.54. The van der Waals surface area contributed by atoms with E-state index in [0.717, 1.165) is 6.07 Å². The van der Waals surface area contributed by atoms with Crippen LogP contribution in [0.25, 0.3) is 0 Å². The zero-order chi connectivity index (χ0) is 23.4. The zero-order valence-electron chi connectivity index (χ0n) is 16.8. The van der Waals surface area contributed by atoms with E-state index in [-0.39, 0.29) is 0 Å². The third-order valence-corrected chi connectivity index (χ3v) is 6.59. The Morgan fingerprint density at radius 1 is 1.16 bits per heavy atom. The SMILES string of the molecule is N#CC1(NC(=O)C(CS(=O)(=O)Cc2ccccc2)N[C@H](c2ccccn2)C(F)(F)F)CC1. The smallest absolute Gasteiger partial charge is 0.336 e. The minimum atomic E-state index is -4.84. The predicted molar refractivity (Wildman–Crippen MR) is 110 cm³/mol. The quantitative estimate of drug-likeness (QED) is 0.587. The van der Waals surface area contributed by atoms with Crippen LogP contribution in [0.1, 0.15) is 30.1 Å². The molecule has 0 spiro atoms. The predicted octanol–water partition coefficient (Wildman–Crippen LogP) is 2.43.